The summed E-state index contributed by atoms with van der Waals surface area (Å²) in [6.45, 7) is 1.19. The maximum Gasteiger partial charge on any atom is 0.329 e. The van der Waals surface area contributed by atoms with Crippen LogP contribution in [0.15, 0.2) is 23.9 Å². The quantitative estimate of drug-likeness (QED) is 0.636. The van der Waals surface area contributed by atoms with Crippen LogP contribution in [-0.2, 0) is 9.59 Å². The zero-order valence-electron chi connectivity index (χ0n) is 11.5. The SMILES string of the molecule is COc1ccc(/C=C2/NC(=O)N(CC(=O)O)C2=O)cc1C. The molecule has 21 heavy (non-hydrogen) atoms. The van der Waals surface area contributed by atoms with Crippen molar-refractivity contribution in [3.05, 3.63) is 35.0 Å². The van der Waals surface area contributed by atoms with Crippen LogP contribution in [0.4, 0.5) is 4.79 Å². The number of amides is 3. The maximum absolute atomic E-state index is 12.0. The lowest BCUT2D eigenvalue weighted by Gasteiger charge is -2.07. The molecule has 1 aliphatic heterocycles. The number of imide groups is 1. The number of ether oxygens (including phenoxy) is 1. The molecule has 0 spiro atoms. The molecule has 0 radical (unpaired) electrons. The third-order valence-corrected chi connectivity index (χ3v) is 2.99. The van der Waals surface area contributed by atoms with Crippen molar-refractivity contribution in [2.45, 2.75) is 6.92 Å². The number of rotatable bonds is 4. The van der Waals surface area contributed by atoms with E-state index in [0.717, 1.165) is 5.56 Å². The topological polar surface area (TPSA) is 95.9 Å². The van der Waals surface area contributed by atoms with Crippen molar-refractivity contribution in [1.29, 1.82) is 0 Å². The lowest BCUT2D eigenvalue weighted by Crippen LogP contribution is -2.35. The molecule has 0 aliphatic carbocycles. The van der Waals surface area contributed by atoms with Gasteiger partial charge in [-0.05, 0) is 36.3 Å². The van der Waals surface area contributed by atoms with Crippen molar-refractivity contribution in [1.82, 2.24) is 10.2 Å². The molecule has 2 rings (SSSR count). The number of carboxylic acid groups (broad SMARTS) is 1. The molecule has 1 aliphatic rings. The van der Waals surface area contributed by atoms with E-state index >= 15 is 0 Å². The van der Waals surface area contributed by atoms with Gasteiger partial charge in [0.2, 0.25) is 0 Å². The first-order chi connectivity index (χ1) is 9.92. The Balaban J connectivity index is 2.26. The van der Waals surface area contributed by atoms with Crippen molar-refractivity contribution in [3.63, 3.8) is 0 Å². The number of aryl methyl sites for hydroxylation is 1. The number of benzene rings is 1. The molecule has 0 unspecified atom stereocenters. The normalized spacial score (nSPS) is 16.3. The summed E-state index contributed by atoms with van der Waals surface area (Å²) in [4.78, 5) is 34.8. The van der Waals surface area contributed by atoms with E-state index in [-0.39, 0.29) is 5.70 Å². The molecular weight excluding hydrogens is 276 g/mol. The zero-order valence-corrected chi connectivity index (χ0v) is 11.5. The minimum Gasteiger partial charge on any atom is -0.496 e. The fourth-order valence-corrected chi connectivity index (χ4v) is 2.01. The number of carbonyl (C=O) groups is 3. The summed E-state index contributed by atoms with van der Waals surface area (Å²) in [5, 5.41) is 11.0. The van der Waals surface area contributed by atoms with Crippen LogP contribution >= 0.6 is 0 Å². The Morgan fingerprint density at radius 1 is 1.43 bits per heavy atom. The summed E-state index contributed by atoms with van der Waals surface area (Å²) < 4.78 is 5.14. The second kappa shape index (κ2) is 5.66. The first-order valence-electron chi connectivity index (χ1n) is 6.13. The van der Waals surface area contributed by atoms with E-state index in [1.54, 1.807) is 25.3 Å². The van der Waals surface area contributed by atoms with Crippen LogP contribution in [0.5, 0.6) is 5.75 Å². The van der Waals surface area contributed by atoms with Gasteiger partial charge in [0.15, 0.2) is 0 Å². The average Bonchev–Trinajstić information content (AvgIpc) is 2.66. The standard InChI is InChI=1S/C14H14N2O5/c1-8-5-9(3-4-11(8)21-2)6-10-13(19)16(7-12(17)18)14(20)15-10/h3-6H,7H2,1-2H3,(H,15,20)(H,17,18)/b10-6+. The maximum atomic E-state index is 12.0. The molecule has 7 heteroatoms. The van der Waals surface area contributed by atoms with Crippen LogP contribution in [-0.4, -0.2) is 41.6 Å². The fourth-order valence-electron chi connectivity index (χ4n) is 2.01. The second-order valence-corrected chi connectivity index (χ2v) is 4.50. The Labute approximate surface area is 120 Å². The van der Waals surface area contributed by atoms with Gasteiger partial charge in [-0.1, -0.05) is 6.07 Å². The highest BCUT2D eigenvalue weighted by molar-refractivity contribution is 6.15. The monoisotopic (exact) mass is 290 g/mol. The van der Waals surface area contributed by atoms with Crippen LogP contribution in [0.2, 0.25) is 0 Å². The van der Waals surface area contributed by atoms with Gasteiger partial charge < -0.3 is 15.2 Å². The molecule has 7 nitrogen and oxygen atoms in total. The molecule has 1 aromatic rings. The van der Waals surface area contributed by atoms with Gasteiger partial charge in [0.1, 0.15) is 18.0 Å². The Morgan fingerprint density at radius 2 is 2.14 bits per heavy atom. The molecule has 1 fully saturated rings. The summed E-state index contributed by atoms with van der Waals surface area (Å²) in [7, 11) is 1.56. The van der Waals surface area contributed by atoms with Gasteiger partial charge in [-0.15, -0.1) is 0 Å². The molecule has 2 N–H and O–H groups in total. The third kappa shape index (κ3) is 3.02. The molecule has 1 heterocycles. The van der Waals surface area contributed by atoms with E-state index in [1.807, 2.05) is 6.92 Å². The molecule has 1 saturated heterocycles. The van der Waals surface area contributed by atoms with E-state index in [9.17, 15) is 14.4 Å². The molecule has 0 saturated carbocycles. The largest absolute Gasteiger partial charge is 0.496 e. The van der Waals surface area contributed by atoms with Crippen LogP contribution in [0.25, 0.3) is 6.08 Å². The second-order valence-electron chi connectivity index (χ2n) is 4.50. The number of nitrogens with one attached hydrogen (secondary N) is 1. The van der Waals surface area contributed by atoms with Crippen LogP contribution in [0, 0.1) is 6.92 Å². The Kier molecular flexibility index (Phi) is 3.93. The van der Waals surface area contributed by atoms with E-state index in [4.69, 9.17) is 9.84 Å². The minimum atomic E-state index is -1.25. The summed E-state index contributed by atoms with van der Waals surface area (Å²) in [5.74, 6) is -1.19. The average molecular weight is 290 g/mol. The summed E-state index contributed by atoms with van der Waals surface area (Å²) in [6, 6.07) is 4.54. The summed E-state index contributed by atoms with van der Waals surface area (Å²) >= 11 is 0. The lowest BCUT2D eigenvalue weighted by atomic mass is 10.1. The highest BCUT2D eigenvalue weighted by Gasteiger charge is 2.34. The van der Waals surface area contributed by atoms with Crippen molar-refractivity contribution in [2.75, 3.05) is 13.7 Å². The van der Waals surface area contributed by atoms with Gasteiger partial charge in [0.05, 0.1) is 7.11 Å². The van der Waals surface area contributed by atoms with Gasteiger partial charge in [-0.2, -0.15) is 0 Å². The number of urea groups is 1. The number of carboxylic acids is 1. The van der Waals surface area contributed by atoms with Gasteiger partial charge in [-0.3, -0.25) is 9.59 Å². The van der Waals surface area contributed by atoms with E-state index in [1.165, 1.54) is 6.08 Å². The number of carbonyl (C=O) groups excluding carboxylic acids is 2. The first kappa shape index (κ1) is 14.6. The van der Waals surface area contributed by atoms with E-state index in [2.05, 4.69) is 5.32 Å². The zero-order chi connectivity index (χ0) is 15.6. The lowest BCUT2D eigenvalue weighted by molar-refractivity contribution is -0.140. The van der Waals surface area contributed by atoms with Crippen molar-refractivity contribution in [2.24, 2.45) is 0 Å². The van der Waals surface area contributed by atoms with Crippen molar-refractivity contribution < 1.29 is 24.2 Å². The molecule has 3 amide bonds. The van der Waals surface area contributed by atoms with Gasteiger partial charge in [0, 0.05) is 0 Å². The highest BCUT2D eigenvalue weighted by Crippen LogP contribution is 2.21. The van der Waals surface area contributed by atoms with Crippen molar-refractivity contribution >= 4 is 24.0 Å². The number of hydrogen-bond acceptors (Lipinski definition) is 4. The van der Waals surface area contributed by atoms with Crippen LogP contribution < -0.4 is 10.1 Å². The smallest absolute Gasteiger partial charge is 0.329 e. The third-order valence-electron chi connectivity index (χ3n) is 2.99. The Hall–Kier alpha value is -2.83. The van der Waals surface area contributed by atoms with Crippen LogP contribution in [0.3, 0.4) is 0 Å². The van der Waals surface area contributed by atoms with E-state index in [0.29, 0.717) is 16.2 Å². The molecular formula is C14H14N2O5. The summed E-state index contributed by atoms with van der Waals surface area (Å²) in [6.07, 6.45) is 1.49. The van der Waals surface area contributed by atoms with Gasteiger partial charge in [0.25, 0.3) is 5.91 Å². The molecule has 0 atom stereocenters. The molecule has 1 aromatic carbocycles. The number of methoxy groups -OCH3 is 1. The highest BCUT2D eigenvalue weighted by atomic mass is 16.5. The van der Waals surface area contributed by atoms with Gasteiger partial charge >= 0.3 is 12.0 Å². The number of nitrogens with zero attached hydrogens (tertiary/aromatic N) is 1. The van der Waals surface area contributed by atoms with Crippen LogP contribution in [0.1, 0.15) is 11.1 Å². The molecule has 0 bridgehead atoms. The predicted molar refractivity (Wildman–Crippen MR) is 73.6 cm³/mol. The fraction of sp³-hybridized carbons (Fsp3) is 0.214. The number of hydrogen-bond donors (Lipinski definition) is 2. The minimum absolute atomic E-state index is 0.0471. The molecule has 110 valence electrons. The van der Waals surface area contributed by atoms with Crippen molar-refractivity contribution in [3.8, 4) is 5.75 Å². The molecule has 0 aromatic heterocycles. The van der Waals surface area contributed by atoms with Gasteiger partial charge in [-0.25, -0.2) is 9.69 Å². The van der Waals surface area contributed by atoms with E-state index < -0.39 is 24.5 Å². The Bertz CT molecular complexity index is 651. The number of aliphatic carboxylic acids is 1. The predicted octanol–water partition coefficient (Wildman–Crippen LogP) is 0.981. The Morgan fingerprint density at radius 3 is 2.71 bits per heavy atom. The first-order valence-corrected chi connectivity index (χ1v) is 6.13. The summed E-state index contributed by atoms with van der Waals surface area (Å²) in [5.41, 5.74) is 1.63.